The van der Waals surface area contributed by atoms with E-state index in [1.807, 2.05) is 36.4 Å². The van der Waals surface area contributed by atoms with Crippen molar-refractivity contribution in [3.05, 3.63) is 80.9 Å². The molecule has 5 rings (SSSR count). The van der Waals surface area contributed by atoms with Crippen molar-refractivity contribution in [2.24, 2.45) is 0 Å². The maximum absolute atomic E-state index is 12.3. The second kappa shape index (κ2) is 9.35. The van der Waals surface area contributed by atoms with Crippen LogP contribution in [0.15, 0.2) is 58.4 Å². The Morgan fingerprint density at radius 1 is 1.17 bits per heavy atom. The fraction of sp³-hybridized carbons (Fsp3) is 0.333. The Bertz CT molecular complexity index is 1480. The minimum absolute atomic E-state index is 0.194. The molecule has 2 aromatic carbocycles. The summed E-state index contributed by atoms with van der Waals surface area (Å²) in [4.78, 5) is 26.3. The summed E-state index contributed by atoms with van der Waals surface area (Å²) < 4.78 is 20.3. The molecule has 1 aliphatic heterocycles. The highest BCUT2D eigenvalue weighted by molar-refractivity contribution is 5.85. The van der Waals surface area contributed by atoms with Gasteiger partial charge in [-0.1, -0.05) is 17.3 Å². The Kier molecular flexibility index (Phi) is 6.10. The first-order valence-electron chi connectivity index (χ1n) is 11.1. The summed E-state index contributed by atoms with van der Waals surface area (Å²) in [7, 11) is 1.63. The number of nitrogens with zero attached hydrogens (tertiary/aromatic N) is 4. The summed E-state index contributed by atoms with van der Waals surface area (Å²) in [5, 5.41) is 20.2. The fourth-order valence-corrected chi connectivity index (χ4v) is 4.33. The van der Waals surface area contributed by atoms with Crippen LogP contribution in [0.5, 0.6) is 11.5 Å². The van der Waals surface area contributed by atoms with E-state index in [9.17, 15) is 14.7 Å². The normalized spacial score (nSPS) is 19.8. The first-order chi connectivity index (χ1) is 17.0. The van der Waals surface area contributed by atoms with Crippen molar-refractivity contribution < 1.29 is 19.3 Å². The third-order valence-corrected chi connectivity index (χ3v) is 6.21. The molecule has 11 heteroatoms. The first kappa shape index (κ1) is 22.8. The molecule has 35 heavy (non-hydrogen) atoms. The van der Waals surface area contributed by atoms with Crippen LogP contribution in [0, 0.1) is 6.92 Å². The van der Waals surface area contributed by atoms with Gasteiger partial charge in [0, 0.05) is 18.2 Å². The lowest BCUT2D eigenvalue weighted by Gasteiger charge is -2.18. The molecule has 4 aromatic rings. The Morgan fingerprint density at radius 3 is 2.71 bits per heavy atom. The largest absolute Gasteiger partial charge is 0.497 e. The van der Waals surface area contributed by atoms with Crippen molar-refractivity contribution in [2.45, 2.75) is 38.3 Å². The minimum atomic E-state index is -0.673. The smallest absolute Gasteiger partial charge is 0.330 e. The molecule has 0 amide bonds. The third-order valence-electron chi connectivity index (χ3n) is 6.21. The molecule has 3 heterocycles. The van der Waals surface area contributed by atoms with Gasteiger partial charge in [-0.2, -0.15) is 0 Å². The summed E-state index contributed by atoms with van der Waals surface area (Å²) in [5.74, 6) is 1.44. The van der Waals surface area contributed by atoms with Crippen molar-refractivity contribution in [3.63, 3.8) is 0 Å². The zero-order valence-corrected chi connectivity index (χ0v) is 19.2. The molecule has 0 unspecified atom stereocenters. The van der Waals surface area contributed by atoms with E-state index in [1.54, 1.807) is 24.9 Å². The predicted octanol–water partition coefficient (Wildman–Crippen LogP) is 1.70. The number of methoxy groups -OCH3 is 1. The van der Waals surface area contributed by atoms with E-state index >= 15 is 0 Å². The lowest BCUT2D eigenvalue weighted by molar-refractivity contribution is -0.0326. The van der Waals surface area contributed by atoms with Crippen molar-refractivity contribution in [2.75, 3.05) is 13.7 Å². The van der Waals surface area contributed by atoms with E-state index in [-0.39, 0.29) is 19.3 Å². The number of rotatable bonds is 7. The number of benzene rings is 2. The van der Waals surface area contributed by atoms with Gasteiger partial charge in [-0.3, -0.25) is 14.3 Å². The van der Waals surface area contributed by atoms with Crippen LogP contribution in [0.3, 0.4) is 0 Å². The van der Waals surface area contributed by atoms with E-state index in [0.717, 1.165) is 16.5 Å². The fourth-order valence-electron chi connectivity index (χ4n) is 4.33. The van der Waals surface area contributed by atoms with E-state index < -0.39 is 23.6 Å². The molecule has 0 spiro atoms. The van der Waals surface area contributed by atoms with Gasteiger partial charge in [0.15, 0.2) is 0 Å². The second-order valence-corrected chi connectivity index (χ2v) is 8.43. The average molecular weight is 479 g/mol. The highest BCUT2D eigenvalue weighted by Gasteiger charge is 2.39. The number of aromatic amines is 1. The SMILES string of the molecule is COc1ccc2ccc(OCc3cnnn3[C@H]3C[C@H](n4cc(C)c(=O)[nH]c4=O)O[C@@H]3CO)cc2c1. The van der Waals surface area contributed by atoms with Gasteiger partial charge in [-0.25, -0.2) is 9.48 Å². The van der Waals surface area contributed by atoms with Crippen LogP contribution < -0.4 is 20.7 Å². The molecule has 1 saturated heterocycles. The number of ether oxygens (including phenoxy) is 3. The number of aromatic nitrogens is 5. The molecule has 11 nitrogen and oxygen atoms in total. The Hall–Kier alpha value is -3.96. The van der Waals surface area contributed by atoms with Crippen LogP contribution in [0.25, 0.3) is 10.8 Å². The van der Waals surface area contributed by atoms with E-state index in [4.69, 9.17) is 14.2 Å². The molecule has 1 aliphatic rings. The first-order valence-corrected chi connectivity index (χ1v) is 11.1. The second-order valence-electron chi connectivity index (χ2n) is 8.43. The minimum Gasteiger partial charge on any atom is -0.497 e. The number of nitrogens with one attached hydrogen (secondary N) is 1. The Labute approximate surface area is 199 Å². The third kappa shape index (κ3) is 4.43. The summed E-state index contributed by atoms with van der Waals surface area (Å²) in [5.41, 5.74) is 0.0638. The van der Waals surface area contributed by atoms with Gasteiger partial charge in [0.25, 0.3) is 5.56 Å². The van der Waals surface area contributed by atoms with Gasteiger partial charge < -0.3 is 19.3 Å². The molecular formula is C24H25N5O6. The molecule has 3 atom stereocenters. The number of hydrogen-bond acceptors (Lipinski definition) is 8. The number of hydrogen-bond donors (Lipinski definition) is 2. The monoisotopic (exact) mass is 479 g/mol. The quantitative estimate of drug-likeness (QED) is 0.409. The van der Waals surface area contributed by atoms with Gasteiger partial charge in [0.1, 0.15) is 30.4 Å². The highest BCUT2D eigenvalue weighted by Crippen LogP contribution is 2.36. The maximum atomic E-state index is 12.3. The molecule has 0 radical (unpaired) electrons. The molecule has 2 N–H and O–H groups in total. The molecule has 0 aliphatic carbocycles. The molecule has 0 bridgehead atoms. The zero-order valence-electron chi connectivity index (χ0n) is 19.2. The van der Waals surface area contributed by atoms with Crippen LogP contribution in [0.4, 0.5) is 0 Å². The maximum Gasteiger partial charge on any atom is 0.330 e. The molecule has 2 aromatic heterocycles. The van der Waals surface area contributed by atoms with Crippen LogP contribution in [0.2, 0.25) is 0 Å². The van der Waals surface area contributed by atoms with Crippen molar-refractivity contribution in [1.82, 2.24) is 24.5 Å². The van der Waals surface area contributed by atoms with Gasteiger partial charge in [0.05, 0.1) is 31.6 Å². The van der Waals surface area contributed by atoms with E-state index in [0.29, 0.717) is 23.4 Å². The molecule has 0 saturated carbocycles. The van der Waals surface area contributed by atoms with E-state index in [1.165, 1.54) is 10.8 Å². The lowest BCUT2D eigenvalue weighted by atomic mass is 10.1. The van der Waals surface area contributed by atoms with Gasteiger partial charge in [-0.15, -0.1) is 5.10 Å². The van der Waals surface area contributed by atoms with Gasteiger partial charge in [-0.05, 0) is 42.0 Å². The standard InChI is InChI=1S/C24H25N5O6/c1-14-11-28(24(32)26-23(14)31)22-9-20(21(12-30)35-22)29-17(10-25-27-29)13-34-19-6-4-15-3-5-18(33-2)7-16(15)8-19/h3-8,10-11,20-22,30H,9,12-13H2,1-2H3,(H,26,31,32)/t20-,21+,22+/m0/s1. The zero-order chi connectivity index (χ0) is 24.5. The van der Waals surface area contributed by atoms with Crippen molar-refractivity contribution >= 4 is 10.8 Å². The van der Waals surface area contributed by atoms with E-state index in [2.05, 4.69) is 15.3 Å². The average Bonchev–Trinajstić information content (AvgIpc) is 3.51. The predicted molar refractivity (Wildman–Crippen MR) is 126 cm³/mol. The van der Waals surface area contributed by atoms with Gasteiger partial charge in [0.2, 0.25) is 0 Å². The van der Waals surface area contributed by atoms with Gasteiger partial charge >= 0.3 is 5.69 Å². The number of aliphatic hydroxyl groups is 1. The Morgan fingerprint density at radius 2 is 1.94 bits per heavy atom. The number of aryl methyl sites for hydroxylation is 1. The number of H-pyrrole nitrogens is 1. The van der Waals surface area contributed by atoms with Crippen LogP contribution in [-0.2, 0) is 11.3 Å². The van der Waals surface area contributed by atoms with Crippen LogP contribution in [-0.4, -0.2) is 49.5 Å². The summed E-state index contributed by atoms with van der Waals surface area (Å²) in [6.45, 7) is 1.53. The Balaban J connectivity index is 1.35. The van der Waals surface area contributed by atoms with Crippen LogP contribution in [0.1, 0.15) is 29.9 Å². The molecule has 182 valence electrons. The topological polar surface area (TPSA) is 133 Å². The molecule has 1 fully saturated rings. The summed E-state index contributed by atoms with van der Waals surface area (Å²) in [6.07, 6.45) is 2.12. The summed E-state index contributed by atoms with van der Waals surface area (Å²) in [6, 6.07) is 11.2. The molecular weight excluding hydrogens is 454 g/mol. The van der Waals surface area contributed by atoms with Crippen molar-refractivity contribution in [1.29, 1.82) is 0 Å². The van der Waals surface area contributed by atoms with Crippen LogP contribution >= 0.6 is 0 Å². The highest BCUT2D eigenvalue weighted by atomic mass is 16.5. The number of aliphatic hydroxyl groups excluding tert-OH is 1. The summed E-state index contributed by atoms with van der Waals surface area (Å²) >= 11 is 0. The lowest BCUT2D eigenvalue weighted by Crippen LogP contribution is -2.33. The number of fused-ring (bicyclic) bond motifs is 1. The van der Waals surface area contributed by atoms with Crippen molar-refractivity contribution in [3.8, 4) is 11.5 Å².